The molecule has 1 heterocycles. The SMILES string of the molecule is Cc1ccc(-n2c(=S)[nH]c3ccc(F)c(F)c32)cc1Cl. The molecule has 6 heteroatoms. The molecule has 2 nitrogen and oxygen atoms in total. The third-order valence-corrected chi connectivity index (χ3v) is 3.84. The minimum atomic E-state index is -0.938. The number of aromatic nitrogens is 2. The minimum absolute atomic E-state index is 0.0786. The van der Waals surface area contributed by atoms with E-state index in [-0.39, 0.29) is 10.3 Å². The number of hydrogen-bond donors (Lipinski definition) is 1. The average Bonchev–Trinajstić information content (AvgIpc) is 2.74. The van der Waals surface area contributed by atoms with Gasteiger partial charge in [-0.25, -0.2) is 8.78 Å². The van der Waals surface area contributed by atoms with Crippen molar-refractivity contribution in [2.75, 3.05) is 0 Å². The number of aromatic amines is 1. The van der Waals surface area contributed by atoms with E-state index in [1.165, 1.54) is 10.6 Å². The summed E-state index contributed by atoms with van der Waals surface area (Å²) in [5.74, 6) is -1.86. The van der Waals surface area contributed by atoms with Crippen LogP contribution in [0.15, 0.2) is 30.3 Å². The fourth-order valence-electron chi connectivity index (χ4n) is 2.10. The number of nitrogens with zero attached hydrogens (tertiary/aromatic N) is 1. The second-order valence-electron chi connectivity index (χ2n) is 4.46. The van der Waals surface area contributed by atoms with Crippen molar-refractivity contribution >= 4 is 34.9 Å². The zero-order chi connectivity index (χ0) is 14.4. The lowest BCUT2D eigenvalue weighted by atomic mass is 10.2. The summed E-state index contributed by atoms with van der Waals surface area (Å²) in [6.07, 6.45) is 0. The lowest BCUT2D eigenvalue weighted by molar-refractivity contribution is 0.514. The van der Waals surface area contributed by atoms with Crippen LogP contribution < -0.4 is 0 Å². The Kier molecular flexibility index (Phi) is 3.11. The largest absolute Gasteiger partial charge is 0.330 e. The van der Waals surface area contributed by atoms with Gasteiger partial charge in [0.05, 0.1) is 11.2 Å². The van der Waals surface area contributed by atoms with Crippen molar-refractivity contribution in [2.24, 2.45) is 0 Å². The molecule has 102 valence electrons. The Balaban J connectivity index is 2.41. The summed E-state index contributed by atoms with van der Waals surface area (Å²) in [6, 6.07) is 7.75. The van der Waals surface area contributed by atoms with E-state index in [1.54, 1.807) is 18.2 Å². The Morgan fingerprint density at radius 3 is 2.65 bits per heavy atom. The van der Waals surface area contributed by atoms with Gasteiger partial charge in [-0.05, 0) is 49.0 Å². The minimum Gasteiger partial charge on any atom is -0.330 e. The fourth-order valence-corrected chi connectivity index (χ4v) is 2.58. The average molecular weight is 311 g/mol. The first kappa shape index (κ1) is 13.3. The molecule has 0 aliphatic carbocycles. The van der Waals surface area contributed by atoms with E-state index in [1.807, 2.05) is 6.92 Å². The summed E-state index contributed by atoms with van der Waals surface area (Å²) in [7, 11) is 0. The van der Waals surface area contributed by atoms with Crippen LogP contribution in [0.5, 0.6) is 0 Å². The van der Waals surface area contributed by atoms with Gasteiger partial charge >= 0.3 is 0 Å². The van der Waals surface area contributed by atoms with E-state index in [2.05, 4.69) is 4.98 Å². The maximum atomic E-state index is 14.0. The van der Waals surface area contributed by atoms with Crippen molar-refractivity contribution in [2.45, 2.75) is 6.92 Å². The molecule has 0 atom stereocenters. The predicted molar refractivity (Wildman–Crippen MR) is 78.1 cm³/mol. The quantitative estimate of drug-likeness (QED) is 0.632. The molecule has 0 radical (unpaired) electrons. The molecule has 0 aliphatic heterocycles. The Morgan fingerprint density at radius 2 is 1.95 bits per heavy atom. The number of fused-ring (bicyclic) bond motifs is 1. The third-order valence-electron chi connectivity index (χ3n) is 3.15. The second-order valence-corrected chi connectivity index (χ2v) is 5.25. The number of nitrogens with one attached hydrogen (secondary N) is 1. The van der Waals surface area contributed by atoms with Crippen LogP contribution in [-0.2, 0) is 0 Å². The molecule has 0 spiro atoms. The first-order valence-corrected chi connectivity index (χ1v) is 6.63. The van der Waals surface area contributed by atoms with Gasteiger partial charge in [-0.2, -0.15) is 0 Å². The Labute approximate surface area is 123 Å². The molecule has 20 heavy (non-hydrogen) atoms. The molecule has 3 rings (SSSR count). The van der Waals surface area contributed by atoms with Crippen molar-refractivity contribution in [3.63, 3.8) is 0 Å². The summed E-state index contributed by atoms with van der Waals surface area (Å²) in [6.45, 7) is 1.86. The van der Waals surface area contributed by atoms with Crippen LogP contribution in [0.2, 0.25) is 5.02 Å². The van der Waals surface area contributed by atoms with Gasteiger partial charge < -0.3 is 4.98 Å². The molecule has 1 aromatic heterocycles. The lowest BCUT2D eigenvalue weighted by Crippen LogP contribution is -1.97. The molecule has 2 aromatic carbocycles. The maximum absolute atomic E-state index is 14.0. The first-order chi connectivity index (χ1) is 9.49. The molecular weight excluding hydrogens is 302 g/mol. The number of H-pyrrole nitrogens is 1. The first-order valence-electron chi connectivity index (χ1n) is 5.84. The summed E-state index contributed by atoms with van der Waals surface area (Å²) >= 11 is 11.3. The number of benzene rings is 2. The van der Waals surface area contributed by atoms with Gasteiger partial charge in [0.1, 0.15) is 5.52 Å². The van der Waals surface area contributed by atoms with Crippen LogP contribution in [0, 0.1) is 23.3 Å². The lowest BCUT2D eigenvalue weighted by Gasteiger charge is -2.07. The molecular formula is C14H9ClF2N2S. The van der Waals surface area contributed by atoms with E-state index in [0.717, 1.165) is 11.6 Å². The van der Waals surface area contributed by atoms with Crippen LogP contribution in [0.3, 0.4) is 0 Å². The fraction of sp³-hybridized carbons (Fsp3) is 0.0714. The smallest absolute Gasteiger partial charge is 0.184 e. The highest BCUT2D eigenvalue weighted by Crippen LogP contribution is 2.26. The van der Waals surface area contributed by atoms with Crippen molar-refractivity contribution in [1.82, 2.24) is 9.55 Å². The van der Waals surface area contributed by atoms with Gasteiger partial charge in [-0.1, -0.05) is 17.7 Å². The van der Waals surface area contributed by atoms with Crippen LogP contribution in [0.4, 0.5) is 8.78 Å². The number of hydrogen-bond acceptors (Lipinski definition) is 1. The third kappa shape index (κ3) is 1.94. The summed E-state index contributed by atoms with van der Waals surface area (Å²) < 4.78 is 29.2. The van der Waals surface area contributed by atoms with Gasteiger partial charge in [0.25, 0.3) is 0 Å². The zero-order valence-electron chi connectivity index (χ0n) is 10.4. The normalized spacial score (nSPS) is 11.2. The standard InChI is InChI=1S/C14H9ClF2N2S/c1-7-2-3-8(6-9(7)15)19-13-11(18-14(19)20)5-4-10(16)12(13)17/h2-6H,1H3,(H,18,20). The van der Waals surface area contributed by atoms with Gasteiger partial charge in [-0.3, -0.25) is 4.57 Å². The molecule has 0 unspecified atom stereocenters. The van der Waals surface area contributed by atoms with E-state index in [9.17, 15) is 8.78 Å². The van der Waals surface area contributed by atoms with Gasteiger partial charge in [0.15, 0.2) is 16.4 Å². The summed E-state index contributed by atoms with van der Waals surface area (Å²) in [4.78, 5) is 2.86. The predicted octanol–water partition coefficient (Wildman–Crippen LogP) is 4.93. The highest BCUT2D eigenvalue weighted by molar-refractivity contribution is 7.71. The van der Waals surface area contributed by atoms with E-state index in [4.69, 9.17) is 23.8 Å². The topological polar surface area (TPSA) is 20.7 Å². The number of aryl methyl sites for hydroxylation is 1. The highest BCUT2D eigenvalue weighted by atomic mass is 35.5. The van der Waals surface area contributed by atoms with Crippen molar-refractivity contribution in [3.05, 3.63) is 57.3 Å². The molecule has 0 amide bonds. The van der Waals surface area contributed by atoms with Crippen molar-refractivity contribution in [1.29, 1.82) is 0 Å². The molecule has 0 aliphatic rings. The van der Waals surface area contributed by atoms with Crippen LogP contribution in [0.25, 0.3) is 16.7 Å². The monoisotopic (exact) mass is 310 g/mol. The van der Waals surface area contributed by atoms with E-state index >= 15 is 0 Å². The zero-order valence-corrected chi connectivity index (χ0v) is 11.9. The van der Waals surface area contributed by atoms with Gasteiger partial charge in [0, 0.05) is 5.02 Å². The highest BCUT2D eigenvalue weighted by Gasteiger charge is 2.15. The Hall–Kier alpha value is -1.72. The Bertz CT molecular complexity index is 883. The van der Waals surface area contributed by atoms with Crippen LogP contribution in [-0.4, -0.2) is 9.55 Å². The van der Waals surface area contributed by atoms with Crippen LogP contribution in [0.1, 0.15) is 5.56 Å². The Morgan fingerprint density at radius 1 is 1.20 bits per heavy atom. The maximum Gasteiger partial charge on any atom is 0.184 e. The molecule has 0 fully saturated rings. The summed E-state index contributed by atoms with van der Waals surface area (Å²) in [5.41, 5.74) is 2.00. The van der Waals surface area contributed by atoms with E-state index in [0.29, 0.717) is 16.2 Å². The van der Waals surface area contributed by atoms with Gasteiger partial charge in [-0.15, -0.1) is 0 Å². The molecule has 0 bridgehead atoms. The van der Waals surface area contributed by atoms with Crippen molar-refractivity contribution < 1.29 is 8.78 Å². The number of rotatable bonds is 1. The molecule has 0 saturated carbocycles. The second kappa shape index (κ2) is 4.68. The molecule has 3 aromatic rings. The van der Waals surface area contributed by atoms with Gasteiger partial charge in [0.2, 0.25) is 0 Å². The van der Waals surface area contributed by atoms with Crippen molar-refractivity contribution in [3.8, 4) is 5.69 Å². The number of halogens is 3. The molecule has 0 saturated heterocycles. The molecule has 1 N–H and O–H groups in total. The summed E-state index contributed by atoms with van der Waals surface area (Å²) in [5, 5.41) is 0.538. The number of imidazole rings is 1. The van der Waals surface area contributed by atoms with Crippen LogP contribution >= 0.6 is 23.8 Å². The van der Waals surface area contributed by atoms with E-state index < -0.39 is 11.6 Å².